The summed E-state index contributed by atoms with van der Waals surface area (Å²) in [4.78, 5) is 2.42. The van der Waals surface area contributed by atoms with Crippen molar-refractivity contribution in [2.75, 3.05) is 21.0 Å². The van der Waals surface area contributed by atoms with Crippen LogP contribution in [-0.4, -0.2) is 43.1 Å². The largest absolute Gasteiger partial charge is 0.496 e. The minimum Gasteiger partial charge on any atom is -0.496 e. The topological polar surface area (TPSA) is 51.2 Å². The van der Waals surface area contributed by atoms with Crippen molar-refractivity contribution in [2.24, 2.45) is 11.8 Å². The SMILES string of the molecule is COc1cc2c(cc1CN(C)C1C[C@H]3CC(O)C[C@H]3C1)OCO2. The van der Waals surface area contributed by atoms with Gasteiger partial charge in [-0.2, -0.15) is 0 Å². The molecule has 3 aliphatic rings. The number of fused-ring (bicyclic) bond motifs is 2. The van der Waals surface area contributed by atoms with Crippen LogP contribution >= 0.6 is 0 Å². The second-order valence-corrected chi connectivity index (χ2v) is 7.20. The normalized spacial score (nSPS) is 31.7. The first-order valence-corrected chi connectivity index (χ1v) is 8.49. The lowest BCUT2D eigenvalue weighted by atomic mass is 10.0. The van der Waals surface area contributed by atoms with Gasteiger partial charge in [0.15, 0.2) is 11.5 Å². The van der Waals surface area contributed by atoms with Crippen molar-refractivity contribution >= 4 is 0 Å². The van der Waals surface area contributed by atoms with Crippen molar-refractivity contribution < 1.29 is 19.3 Å². The molecule has 1 aliphatic heterocycles. The zero-order valence-corrected chi connectivity index (χ0v) is 13.8. The molecule has 0 spiro atoms. The molecule has 23 heavy (non-hydrogen) atoms. The van der Waals surface area contributed by atoms with E-state index in [0.29, 0.717) is 17.9 Å². The van der Waals surface area contributed by atoms with Gasteiger partial charge in [0.05, 0.1) is 13.2 Å². The number of rotatable bonds is 4. The zero-order valence-electron chi connectivity index (χ0n) is 13.8. The molecular weight excluding hydrogens is 294 g/mol. The second-order valence-electron chi connectivity index (χ2n) is 7.20. The van der Waals surface area contributed by atoms with Crippen LogP contribution in [0.1, 0.15) is 31.2 Å². The Morgan fingerprint density at radius 1 is 1.13 bits per heavy atom. The summed E-state index contributed by atoms with van der Waals surface area (Å²) in [5.74, 6) is 3.83. The molecule has 1 aromatic carbocycles. The standard InChI is InChI=1S/C18H25NO4/c1-19(14-3-11-5-15(20)6-12(11)4-14)9-13-7-17-18(23-10-22-17)8-16(13)21-2/h7-8,11-12,14-15,20H,3-6,9-10H2,1-2H3/t11-,12+,14?,15?. The second kappa shape index (κ2) is 5.87. The number of aliphatic hydroxyl groups is 1. The van der Waals surface area contributed by atoms with Gasteiger partial charge in [0, 0.05) is 24.2 Å². The van der Waals surface area contributed by atoms with Gasteiger partial charge in [-0.1, -0.05) is 0 Å². The fraction of sp³-hybridized carbons (Fsp3) is 0.667. The molecule has 126 valence electrons. The first-order valence-electron chi connectivity index (χ1n) is 8.49. The van der Waals surface area contributed by atoms with Gasteiger partial charge in [-0.15, -0.1) is 0 Å². The van der Waals surface area contributed by atoms with E-state index in [-0.39, 0.29) is 12.9 Å². The average Bonchev–Trinajstić information content (AvgIpc) is 3.19. The van der Waals surface area contributed by atoms with Crippen LogP contribution in [0.4, 0.5) is 0 Å². The minimum absolute atomic E-state index is 0.0646. The Bertz CT molecular complexity index is 577. The molecule has 1 aromatic rings. The van der Waals surface area contributed by atoms with E-state index in [0.717, 1.165) is 42.2 Å². The third-order valence-corrected chi connectivity index (χ3v) is 5.78. The van der Waals surface area contributed by atoms with E-state index in [1.807, 2.05) is 12.1 Å². The third kappa shape index (κ3) is 2.76. The fourth-order valence-electron chi connectivity index (χ4n) is 4.59. The lowest BCUT2D eigenvalue weighted by Gasteiger charge is -2.26. The monoisotopic (exact) mass is 319 g/mol. The molecule has 2 unspecified atom stereocenters. The molecule has 1 heterocycles. The molecule has 2 fully saturated rings. The average molecular weight is 319 g/mol. The number of aliphatic hydroxyl groups excluding tert-OH is 1. The van der Waals surface area contributed by atoms with Crippen LogP contribution in [0.3, 0.4) is 0 Å². The lowest BCUT2D eigenvalue weighted by molar-refractivity contribution is 0.157. The van der Waals surface area contributed by atoms with Crippen LogP contribution < -0.4 is 14.2 Å². The molecule has 4 rings (SSSR count). The predicted octanol–water partition coefficient (Wildman–Crippen LogP) is 2.41. The van der Waals surface area contributed by atoms with Gasteiger partial charge in [0.25, 0.3) is 0 Å². The molecule has 2 saturated carbocycles. The van der Waals surface area contributed by atoms with Gasteiger partial charge < -0.3 is 19.3 Å². The van der Waals surface area contributed by atoms with Crippen LogP contribution in [0.15, 0.2) is 12.1 Å². The smallest absolute Gasteiger partial charge is 0.231 e. The first kappa shape index (κ1) is 15.1. The van der Waals surface area contributed by atoms with E-state index in [9.17, 15) is 5.11 Å². The van der Waals surface area contributed by atoms with E-state index in [4.69, 9.17) is 14.2 Å². The lowest BCUT2D eigenvalue weighted by Crippen LogP contribution is -2.30. The molecule has 0 amide bonds. The number of ether oxygens (including phenoxy) is 3. The first-order chi connectivity index (χ1) is 11.1. The van der Waals surface area contributed by atoms with Gasteiger partial charge in [-0.25, -0.2) is 0 Å². The van der Waals surface area contributed by atoms with Crippen LogP contribution in [0, 0.1) is 11.8 Å². The van der Waals surface area contributed by atoms with Gasteiger partial charge in [-0.3, -0.25) is 4.90 Å². The third-order valence-electron chi connectivity index (χ3n) is 5.78. The summed E-state index contributed by atoms with van der Waals surface area (Å²) < 4.78 is 16.4. The summed E-state index contributed by atoms with van der Waals surface area (Å²) in [6.07, 6.45) is 4.31. The van der Waals surface area contributed by atoms with Crippen LogP contribution in [0.5, 0.6) is 17.2 Å². The molecule has 0 bridgehead atoms. The minimum atomic E-state index is -0.0646. The summed E-state index contributed by atoms with van der Waals surface area (Å²) in [5, 5.41) is 9.80. The number of methoxy groups -OCH3 is 1. The summed E-state index contributed by atoms with van der Waals surface area (Å²) >= 11 is 0. The van der Waals surface area contributed by atoms with E-state index < -0.39 is 0 Å². The Balaban J connectivity index is 1.46. The van der Waals surface area contributed by atoms with Gasteiger partial charge in [-0.05, 0) is 50.6 Å². The van der Waals surface area contributed by atoms with E-state index in [2.05, 4.69) is 11.9 Å². The van der Waals surface area contributed by atoms with Crippen LogP contribution in [-0.2, 0) is 6.54 Å². The molecule has 2 aliphatic carbocycles. The van der Waals surface area contributed by atoms with Gasteiger partial charge in [0.1, 0.15) is 5.75 Å². The molecule has 1 N–H and O–H groups in total. The highest BCUT2D eigenvalue weighted by molar-refractivity contribution is 5.51. The van der Waals surface area contributed by atoms with Gasteiger partial charge >= 0.3 is 0 Å². The molecule has 0 aromatic heterocycles. The van der Waals surface area contributed by atoms with Crippen molar-refractivity contribution in [1.29, 1.82) is 0 Å². The maximum atomic E-state index is 9.80. The summed E-state index contributed by atoms with van der Waals surface area (Å²) in [6, 6.07) is 4.55. The Morgan fingerprint density at radius 2 is 1.78 bits per heavy atom. The maximum absolute atomic E-state index is 9.80. The van der Waals surface area contributed by atoms with E-state index >= 15 is 0 Å². The highest BCUT2D eigenvalue weighted by atomic mass is 16.7. The summed E-state index contributed by atoms with van der Waals surface area (Å²) in [6.45, 7) is 1.12. The highest BCUT2D eigenvalue weighted by Crippen LogP contribution is 2.46. The predicted molar refractivity (Wildman–Crippen MR) is 85.8 cm³/mol. The quantitative estimate of drug-likeness (QED) is 0.923. The Kier molecular flexibility index (Phi) is 3.85. The number of hydrogen-bond acceptors (Lipinski definition) is 5. The Morgan fingerprint density at radius 3 is 2.43 bits per heavy atom. The van der Waals surface area contributed by atoms with Crippen molar-refractivity contribution in [3.05, 3.63) is 17.7 Å². The molecule has 0 radical (unpaired) electrons. The van der Waals surface area contributed by atoms with Gasteiger partial charge in [0.2, 0.25) is 6.79 Å². The van der Waals surface area contributed by atoms with Crippen LogP contribution in [0.2, 0.25) is 0 Å². The summed E-state index contributed by atoms with van der Waals surface area (Å²) in [7, 11) is 3.88. The van der Waals surface area contributed by atoms with E-state index in [1.54, 1.807) is 7.11 Å². The fourth-order valence-corrected chi connectivity index (χ4v) is 4.59. The summed E-state index contributed by atoms with van der Waals surface area (Å²) in [5.41, 5.74) is 1.14. The number of nitrogens with zero attached hydrogens (tertiary/aromatic N) is 1. The Labute approximate surface area is 137 Å². The molecule has 5 nitrogen and oxygen atoms in total. The molecular formula is C18H25NO4. The van der Waals surface area contributed by atoms with Crippen molar-refractivity contribution in [1.82, 2.24) is 4.90 Å². The molecule has 0 saturated heterocycles. The number of hydrogen-bond donors (Lipinski definition) is 1. The highest BCUT2D eigenvalue weighted by Gasteiger charge is 2.42. The van der Waals surface area contributed by atoms with Crippen molar-refractivity contribution in [2.45, 2.75) is 44.4 Å². The van der Waals surface area contributed by atoms with Crippen molar-refractivity contribution in [3.8, 4) is 17.2 Å². The van der Waals surface area contributed by atoms with Crippen LogP contribution in [0.25, 0.3) is 0 Å². The van der Waals surface area contributed by atoms with Crippen molar-refractivity contribution in [3.63, 3.8) is 0 Å². The van der Waals surface area contributed by atoms with E-state index in [1.165, 1.54) is 12.8 Å². The molecule has 4 atom stereocenters. The Hall–Kier alpha value is -1.46. The zero-order chi connectivity index (χ0) is 16.0. The molecule has 5 heteroatoms. The maximum Gasteiger partial charge on any atom is 0.231 e. The number of benzene rings is 1.